The van der Waals surface area contributed by atoms with Crippen LogP contribution >= 0.6 is 0 Å². The summed E-state index contributed by atoms with van der Waals surface area (Å²) in [5, 5.41) is 10.5. The van der Waals surface area contributed by atoms with Crippen molar-refractivity contribution in [3.05, 3.63) is 48.0 Å². The van der Waals surface area contributed by atoms with Crippen LogP contribution in [0.2, 0.25) is 0 Å². The van der Waals surface area contributed by atoms with E-state index in [1.165, 1.54) is 0 Å². The van der Waals surface area contributed by atoms with Gasteiger partial charge >= 0.3 is 5.97 Å². The molecular formula is C14H18O3. The zero-order valence-corrected chi connectivity index (χ0v) is 10.2. The molecule has 0 amide bonds. The quantitative estimate of drug-likeness (QED) is 0.628. The Morgan fingerprint density at radius 3 is 2.59 bits per heavy atom. The van der Waals surface area contributed by atoms with E-state index in [1.54, 1.807) is 38.1 Å². The Morgan fingerprint density at radius 2 is 2.06 bits per heavy atom. The van der Waals surface area contributed by atoms with Crippen molar-refractivity contribution in [1.29, 1.82) is 0 Å². The average molecular weight is 234 g/mol. The first-order valence-corrected chi connectivity index (χ1v) is 5.69. The summed E-state index contributed by atoms with van der Waals surface area (Å²) in [7, 11) is 0. The summed E-state index contributed by atoms with van der Waals surface area (Å²) in [6, 6.07) is 9.10. The molecule has 1 aromatic rings. The van der Waals surface area contributed by atoms with Gasteiger partial charge in [0, 0.05) is 0 Å². The number of aliphatic hydroxyl groups is 1. The summed E-state index contributed by atoms with van der Waals surface area (Å²) in [4.78, 5) is 11.5. The molecule has 0 bridgehead atoms. The summed E-state index contributed by atoms with van der Waals surface area (Å²) >= 11 is 0. The number of allylic oxidation sites excluding steroid dienone is 1. The predicted octanol–water partition coefficient (Wildman–Crippen LogP) is 2.40. The summed E-state index contributed by atoms with van der Waals surface area (Å²) in [5.74, 6) is -0.406. The lowest BCUT2D eigenvalue weighted by Gasteiger charge is -2.24. The normalized spacial score (nSPS) is 14.5. The van der Waals surface area contributed by atoms with Gasteiger partial charge in [-0.05, 0) is 19.4 Å². The molecule has 0 spiro atoms. The van der Waals surface area contributed by atoms with Gasteiger partial charge in [-0.1, -0.05) is 42.5 Å². The fraction of sp³-hybridized carbons (Fsp3) is 0.357. The van der Waals surface area contributed by atoms with Crippen LogP contribution in [0.15, 0.2) is 42.5 Å². The molecule has 17 heavy (non-hydrogen) atoms. The van der Waals surface area contributed by atoms with Crippen molar-refractivity contribution >= 4 is 5.97 Å². The maximum absolute atomic E-state index is 11.5. The van der Waals surface area contributed by atoms with E-state index in [-0.39, 0.29) is 6.42 Å². The highest BCUT2D eigenvalue weighted by Crippen LogP contribution is 2.27. The first-order valence-electron chi connectivity index (χ1n) is 5.69. The first kappa shape index (κ1) is 13.5. The van der Waals surface area contributed by atoms with Crippen molar-refractivity contribution in [2.75, 3.05) is 6.61 Å². The van der Waals surface area contributed by atoms with Crippen LogP contribution in [0.5, 0.6) is 0 Å². The number of esters is 1. The van der Waals surface area contributed by atoms with Crippen LogP contribution in [-0.2, 0) is 15.1 Å². The Kier molecular flexibility index (Phi) is 4.91. The molecule has 0 saturated heterocycles. The van der Waals surface area contributed by atoms with Gasteiger partial charge in [0.2, 0.25) is 0 Å². The van der Waals surface area contributed by atoms with Crippen LogP contribution in [0.25, 0.3) is 0 Å². The third kappa shape index (κ3) is 3.71. The molecule has 3 nitrogen and oxygen atoms in total. The molecular weight excluding hydrogens is 216 g/mol. The SMILES string of the molecule is CC=CC(O)(CC(=O)OCC)c1ccccc1. The van der Waals surface area contributed by atoms with E-state index in [2.05, 4.69) is 0 Å². The minimum Gasteiger partial charge on any atom is -0.466 e. The molecule has 0 aromatic heterocycles. The standard InChI is InChI=1S/C14H18O3/c1-3-10-14(16,11-13(15)17-4-2)12-8-6-5-7-9-12/h3,5-10,16H,4,11H2,1-2H3. The lowest BCUT2D eigenvalue weighted by molar-refractivity contribution is -0.147. The highest BCUT2D eigenvalue weighted by atomic mass is 16.5. The van der Waals surface area contributed by atoms with Crippen LogP contribution in [0.1, 0.15) is 25.8 Å². The van der Waals surface area contributed by atoms with E-state index in [1.807, 2.05) is 18.2 Å². The molecule has 0 radical (unpaired) electrons. The number of carbonyl (C=O) groups excluding carboxylic acids is 1. The van der Waals surface area contributed by atoms with Gasteiger partial charge in [0.15, 0.2) is 0 Å². The molecule has 1 N–H and O–H groups in total. The smallest absolute Gasteiger partial charge is 0.309 e. The van der Waals surface area contributed by atoms with Crippen LogP contribution in [0.4, 0.5) is 0 Å². The second-order valence-corrected chi connectivity index (χ2v) is 3.77. The van der Waals surface area contributed by atoms with Crippen molar-refractivity contribution in [3.63, 3.8) is 0 Å². The molecule has 0 heterocycles. The van der Waals surface area contributed by atoms with Gasteiger partial charge in [0.25, 0.3) is 0 Å². The second-order valence-electron chi connectivity index (χ2n) is 3.77. The highest BCUT2D eigenvalue weighted by molar-refractivity contribution is 5.71. The van der Waals surface area contributed by atoms with Crippen molar-refractivity contribution in [2.24, 2.45) is 0 Å². The van der Waals surface area contributed by atoms with Gasteiger partial charge in [-0.2, -0.15) is 0 Å². The monoisotopic (exact) mass is 234 g/mol. The molecule has 1 rings (SSSR count). The fourth-order valence-electron chi connectivity index (χ4n) is 1.69. The molecule has 92 valence electrons. The van der Waals surface area contributed by atoms with Crippen molar-refractivity contribution in [1.82, 2.24) is 0 Å². The van der Waals surface area contributed by atoms with Crippen molar-refractivity contribution in [3.8, 4) is 0 Å². The number of benzene rings is 1. The number of rotatable bonds is 5. The Labute approximate surface area is 102 Å². The van der Waals surface area contributed by atoms with Gasteiger partial charge in [0.05, 0.1) is 13.0 Å². The molecule has 0 fully saturated rings. The minimum atomic E-state index is -1.29. The van der Waals surface area contributed by atoms with E-state index in [4.69, 9.17) is 4.74 Å². The van der Waals surface area contributed by atoms with Gasteiger partial charge < -0.3 is 9.84 Å². The third-order valence-corrected chi connectivity index (χ3v) is 2.44. The summed E-state index contributed by atoms with van der Waals surface area (Å²) in [5.41, 5.74) is -0.603. The maximum atomic E-state index is 11.5. The fourth-order valence-corrected chi connectivity index (χ4v) is 1.69. The Morgan fingerprint density at radius 1 is 1.41 bits per heavy atom. The average Bonchev–Trinajstić information content (AvgIpc) is 2.30. The first-order chi connectivity index (χ1) is 8.12. The highest BCUT2D eigenvalue weighted by Gasteiger charge is 2.29. The third-order valence-electron chi connectivity index (χ3n) is 2.44. The number of hydrogen-bond donors (Lipinski definition) is 1. The van der Waals surface area contributed by atoms with E-state index < -0.39 is 11.6 Å². The minimum absolute atomic E-state index is 0.0742. The maximum Gasteiger partial charge on any atom is 0.309 e. The van der Waals surface area contributed by atoms with Crippen LogP contribution in [-0.4, -0.2) is 17.7 Å². The van der Waals surface area contributed by atoms with E-state index in [0.29, 0.717) is 12.2 Å². The molecule has 3 heteroatoms. The summed E-state index contributed by atoms with van der Waals surface area (Å²) < 4.78 is 4.87. The largest absolute Gasteiger partial charge is 0.466 e. The topological polar surface area (TPSA) is 46.5 Å². The molecule has 0 aliphatic rings. The predicted molar refractivity (Wildman–Crippen MR) is 66.4 cm³/mol. The zero-order valence-electron chi connectivity index (χ0n) is 10.2. The summed E-state index contributed by atoms with van der Waals surface area (Å²) in [6.07, 6.45) is 3.26. The van der Waals surface area contributed by atoms with E-state index >= 15 is 0 Å². The molecule has 1 atom stereocenters. The lowest BCUT2D eigenvalue weighted by atomic mass is 9.90. The van der Waals surface area contributed by atoms with Gasteiger partial charge in [-0.15, -0.1) is 0 Å². The van der Waals surface area contributed by atoms with E-state index in [9.17, 15) is 9.90 Å². The molecule has 1 unspecified atom stereocenters. The van der Waals surface area contributed by atoms with Crippen LogP contribution in [0, 0.1) is 0 Å². The van der Waals surface area contributed by atoms with Crippen LogP contribution < -0.4 is 0 Å². The molecule has 0 aliphatic heterocycles. The Balaban J connectivity index is 2.94. The number of carbonyl (C=O) groups is 1. The van der Waals surface area contributed by atoms with Crippen molar-refractivity contribution in [2.45, 2.75) is 25.9 Å². The molecule has 0 aliphatic carbocycles. The number of hydrogen-bond acceptors (Lipinski definition) is 3. The van der Waals surface area contributed by atoms with Gasteiger partial charge in [-0.25, -0.2) is 0 Å². The van der Waals surface area contributed by atoms with Crippen molar-refractivity contribution < 1.29 is 14.6 Å². The molecule has 0 saturated carbocycles. The van der Waals surface area contributed by atoms with Gasteiger partial charge in [0.1, 0.15) is 5.60 Å². The Bertz CT molecular complexity index is 384. The van der Waals surface area contributed by atoms with Gasteiger partial charge in [-0.3, -0.25) is 4.79 Å². The summed E-state index contributed by atoms with van der Waals surface area (Å²) in [6.45, 7) is 3.87. The lowest BCUT2D eigenvalue weighted by Crippen LogP contribution is -2.27. The second kappa shape index (κ2) is 6.21. The zero-order chi connectivity index (χ0) is 12.7. The van der Waals surface area contributed by atoms with Crippen LogP contribution in [0.3, 0.4) is 0 Å². The molecule has 1 aromatic carbocycles. The number of ether oxygens (including phenoxy) is 1. The Hall–Kier alpha value is -1.61. The van der Waals surface area contributed by atoms with E-state index in [0.717, 1.165) is 0 Å².